The van der Waals surface area contributed by atoms with Crippen LogP contribution in [-0.2, 0) is 9.53 Å². The molecule has 1 aromatic rings. The maximum absolute atomic E-state index is 11.2. The van der Waals surface area contributed by atoms with E-state index < -0.39 is 5.91 Å². The van der Waals surface area contributed by atoms with Gasteiger partial charge in [-0.3, -0.25) is 14.9 Å². The first-order chi connectivity index (χ1) is 11.7. The molecule has 2 unspecified atom stereocenters. The fraction of sp³-hybridized carbons (Fsp3) is 0.500. The molecule has 0 spiro atoms. The number of rotatable bonds is 5. The van der Waals surface area contributed by atoms with Crippen LogP contribution in [0.3, 0.4) is 0 Å². The molecule has 3 aliphatic heterocycles. The number of carbonyl (C=O) groups is 1. The molecule has 3 heterocycles. The second-order valence-electron chi connectivity index (χ2n) is 6.92. The number of hydrogen-bond acceptors (Lipinski definition) is 5. The number of carbonyl (C=O) groups excluding carboxylic acids is 1. The first-order valence-electron chi connectivity index (χ1n) is 8.54. The topological polar surface area (TPSA) is 65.0 Å². The normalized spacial score (nSPS) is 27.0. The van der Waals surface area contributed by atoms with Crippen LogP contribution in [-0.4, -0.2) is 60.9 Å². The van der Waals surface area contributed by atoms with E-state index in [-0.39, 0.29) is 2.85 Å². The predicted molar refractivity (Wildman–Crippen MR) is 95.1 cm³/mol. The van der Waals surface area contributed by atoms with Crippen molar-refractivity contribution in [1.82, 2.24) is 10.4 Å². The molecule has 2 N–H and O–H groups in total. The number of anilines is 1. The van der Waals surface area contributed by atoms with Crippen molar-refractivity contribution in [3.8, 4) is 0 Å². The van der Waals surface area contributed by atoms with Crippen molar-refractivity contribution in [3.05, 3.63) is 35.9 Å². The quantitative estimate of drug-likeness (QED) is 0.487. The maximum atomic E-state index is 11.2. The molecule has 6 nitrogen and oxygen atoms in total. The van der Waals surface area contributed by atoms with Gasteiger partial charge in [-0.25, -0.2) is 5.48 Å². The lowest BCUT2D eigenvalue weighted by Crippen LogP contribution is -2.50. The highest BCUT2D eigenvalue weighted by atomic mass is 16.5. The zero-order valence-corrected chi connectivity index (χ0v) is 13.6. The summed E-state index contributed by atoms with van der Waals surface area (Å²) in [6.07, 6.45) is 4.33. The summed E-state index contributed by atoms with van der Waals surface area (Å²) in [4.78, 5) is 16.3. The third-order valence-corrected chi connectivity index (χ3v) is 5.32. The van der Waals surface area contributed by atoms with Crippen LogP contribution < -0.4 is 10.4 Å². The molecule has 0 radical (unpaired) electrons. The lowest BCUT2D eigenvalue weighted by atomic mass is 10.1. The largest absolute Gasteiger partial charge is 0.381 e. The maximum Gasteiger partial charge on any atom is 0.267 e. The van der Waals surface area contributed by atoms with Gasteiger partial charge in [0.1, 0.15) is 0 Å². The first kappa shape index (κ1) is 15.6. The number of hydroxylamine groups is 1. The number of amides is 1. The van der Waals surface area contributed by atoms with Crippen LogP contribution in [0.2, 0.25) is 0 Å². The number of nitrogens with zero attached hydrogens (tertiary/aromatic N) is 2. The fourth-order valence-electron chi connectivity index (χ4n) is 4.08. The molecule has 3 saturated heterocycles. The number of para-hydroxylation sites is 1. The van der Waals surface area contributed by atoms with Crippen LogP contribution in [0.5, 0.6) is 0 Å². The lowest BCUT2D eigenvalue weighted by molar-refractivity contribution is -0.124. The van der Waals surface area contributed by atoms with Crippen LogP contribution in [0.25, 0.3) is 6.08 Å². The Morgan fingerprint density at radius 1 is 1.33 bits per heavy atom. The summed E-state index contributed by atoms with van der Waals surface area (Å²) in [6.45, 7) is 5.13. The average molecular weight is 333 g/mol. The zero-order valence-electron chi connectivity index (χ0n) is 13.6. The SMILES string of the molecule is O=C(/C=C/c1ccccc1N1CC2CC1CN2CC1COC1)NO.[HH].[HH]. The molecular weight excluding hydrogens is 306 g/mol. The molecule has 3 fully saturated rings. The van der Waals surface area contributed by atoms with E-state index >= 15 is 0 Å². The van der Waals surface area contributed by atoms with Gasteiger partial charge in [-0.1, -0.05) is 18.2 Å². The number of likely N-dealkylation sites (tertiary alicyclic amines) is 1. The Labute approximate surface area is 144 Å². The minimum absolute atomic E-state index is 0. The molecule has 1 aromatic carbocycles. The highest BCUT2D eigenvalue weighted by Crippen LogP contribution is 2.37. The van der Waals surface area contributed by atoms with Gasteiger partial charge >= 0.3 is 0 Å². The molecule has 2 bridgehead atoms. The fourth-order valence-corrected chi connectivity index (χ4v) is 4.08. The Morgan fingerprint density at radius 3 is 2.83 bits per heavy atom. The summed E-state index contributed by atoms with van der Waals surface area (Å²) in [5.74, 6) is 0.201. The highest BCUT2D eigenvalue weighted by molar-refractivity contribution is 5.91. The second-order valence-corrected chi connectivity index (χ2v) is 6.92. The number of ether oxygens (including phenoxy) is 1. The predicted octanol–water partition coefficient (Wildman–Crippen LogP) is 1.61. The smallest absolute Gasteiger partial charge is 0.267 e. The van der Waals surface area contributed by atoms with E-state index in [1.807, 2.05) is 18.2 Å². The molecule has 6 heteroatoms. The number of benzene rings is 1. The summed E-state index contributed by atoms with van der Waals surface area (Å²) in [6, 6.07) is 9.28. The Morgan fingerprint density at radius 2 is 2.17 bits per heavy atom. The van der Waals surface area contributed by atoms with Crippen molar-refractivity contribution in [2.45, 2.75) is 18.5 Å². The van der Waals surface area contributed by atoms with E-state index in [1.54, 1.807) is 11.6 Å². The van der Waals surface area contributed by atoms with E-state index in [0.717, 1.165) is 38.4 Å². The number of piperazine rings is 1. The van der Waals surface area contributed by atoms with Crippen LogP contribution >= 0.6 is 0 Å². The monoisotopic (exact) mass is 333 g/mol. The van der Waals surface area contributed by atoms with E-state index in [1.165, 1.54) is 18.2 Å². The van der Waals surface area contributed by atoms with Gasteiger partial charge < -0.3 is 9.64 Å². The van der Waals surface area contributed by atoms with Gasteiger partial charge in [-0.05, 0) is 24.1 Å². The number of nitrogens with one attached hydrogen (secondary N) is 1. The van der Waals surface area contributed by atoms with Gasteiger partial charge in [0, 0.05) is 52.3 Å². The minimum Gasteiger partial charge on any atom is -0.381 e. The molecular formula is C18H27N3O3. The van der Waals surface area contributed by atoms with Crippen LogP contribution in [0, 0.1) is 5.92 Å². The highest BCUT2D eigenvalue weighted by Gasteiger charge is 2.44. The Bertz CT molecular complexity index is 654. The molecule has 4 rings (SSSR count). The Kier molecular flexibility index (Phi) is 4.26. The molecule has 0 aliphatic carbocycles. The number of fused-ring (bicyclic) bond motifs is 2. The van der Waals surface area contributed by atoms with Gasteiger partial charge in [0.25, 0.3) is 5.91 Å². The van der Waals surface area contributed by atoms with Gasteiger partial charge in [-0.15, -0.1) is 0 Å². The molecule has 24 heavy (non-hydrogen) atoms. The third kappa shape index (κ3) is 2.92. The molecule has 1 amide bonds. The van der Waals surface area contributed by atoms with Gasteiger partial charge in [0.15, 0.2) is 0 Å². The summed E-state index contributed by atoms with van der Waals surface area (Å²) in [7, 11) is 0. The van der Waals surface area contributed by atoms with Crippen molar-refractivity contribution in [2.24, 2.45) is 5.92 Å². The molecule has 132 valence electrons. The lowest BCUT2D eigenvalue weighted by Gasteiger charge is -2.39. The zero-order chi connectivity index (χ0) is 16.5. The van der Waals surface area contributed by atoms with Crippen molar-refractivity contribution < 1.29 is 17.6 Å². The first-order valence-corrected chi connectivity index (χ1v) is 8.54. The van der Waals surface area contributed by atoms with Crippen molar-refractivity contribution in [1.29, 1.82) is 0 Å². The summed E-state index contributed by atoms with van der Waals surface area (Å²) in [5, 5.41) is 8.63. The Balaban J connectivity index is 0.00000121. The van der Waals surface area contributed by atoms with Gasteiger partial charge in [-0.2, -0.15) is 0 Å². The van der Waals surface area contributed by atoms with E-state index in [9.17, 15) is 4.79 Å². The van der Waals surface area contributed by atoms with E-state index in [0.29, 0.717) is 18.0 Å². The summed E-state index contributed by atoms with van der Waals surface area (Å²) in [5.41, 5.74) is 3.80. The molecule has 0 aromatic heterocycles. The van der Waals surface area contributed by atoms with Crippen molar-refractivity contribution >= 4 is 17.7 Å². The molecule has 3 aliphatic rings. The number of hydrogen-bond donors (Lipinski definition) is 2. The van der Waals surface area contributed by atoms with Crippen LogP contribution in [0.15, 0.2) is 30.3 Å². The van der Waals surface area contributed by atoms with Crippen molar-refractivity contribution in [2.75, 3.05) is 37.7 Å². The van der Waals surface area contributed by atoms with E-state index in [2.05, 4.69) is 15.9 Å². The van der Waals surface area contributed by atoms with Crippen LogP contribution in [0.4, 0.5) is 5.69 Å². The van der Waals surface area contributed by atoms with Crippen molar-refractivity contribution in [3.63, 3.8) is 0 Å². The molecule has 0 saturated carbocycles. The standard InChI is InChI=1S/C18H23N3O3.2H2/c22-18(19-23)6-5-14-3-1-2-4-17(14)21-10-15-7-16(21)9-20(15)8-13-11-24-12-13;;/h1-6,13,15-16,23H,7-12H2,(H,19,22);2*1H/b6-5+;;. The second kappa shape index (κ2) is 6.55. The van der Waals surface area contributed by atoms with Crippen LogP contribution in [0.1, 0.15) is 14.8 Å². The van der Waals surface area contributed by atoms with Gasteiger partial charge in [0.05, 0.1) is 13.2 Å². The van der Waals surface area contributed by atoms with E-state index in [4.69, 9.17) is 9.94 Å². The summed E-state index contributed by atoms with van der Waals surface area (Å²) >= 11 is 0. The minimum atomic E-state index is -0.512. The average Bonchev–Trinajstić information content (AvgIpc) is 3.16. The van der Waals surface area contributed by atoms with Gasteiger partial charge in [0.2, 0.25) is 0 Å². The Hall–Kier alpha value is -1.89. The summed E-state index contributed by atoms with van der Waals surface area (Å²) < 4.78 is 5.29. The molecule has 2 atom stereocenters. The third-order valence-electron chi connectivity index (χ3n) is 5.32.